The fourth-order valence-corrected chi connectivity index (χ4v) is 4.66. The maximum Gasteiger partial charge on any atom is 0.264 e. The lowest BCUT2D eigenvalue weighted by atomic mass is 10.0. The lowest BCUT2D eigenvalue weighted by Crippen LogP contribution is -2.31. The Morgan fingerprint density at radius 3 is 2.83 bits per heavy atom. The molecule has 1 N–H and O–H groups in total. The molecule has 7 heteroatoms. The van der Waals surface area contributed by atoms with Crippen LogP contribution in [0, 0.1) is 6.92 Å². The lowest BCUT2D eigenvalue weighted by molar-refractivity contribution is 0.0738. The van der Waals surface area contributed by atoms with Crippen molar-refractivity contribution in [2.45, 2.75) is 13.5 Å². The fraction of sp³-hybridized carbons (Fsp3) is 0.182. The van der Waals surface area contributed by atoms with Crippen molar-refractivity contribution in [3.63, 3.8) is 0 Å². The number of rotatable bonds is 2. The molecule has 0 fully saturated rings. The smallest absolute Gasteiger partial charge is 0.264 e. The average Bonchev–Trinajstić information content (AvgIpc) is 3.24. The van der Waals surface area contributed by atoms with E-state index in [4.69, 9.17) is 16.3 Å². The normalized spacial score (nSPS) is 13.8. The van der Waals surface area contributed by atoms with Crippen LogP contribution in [0.4, 0.5) is 0 Å². The van der Waals surface area contributed by atoms with Gasteiger partial charge in [0.2, 0.25) is 0 Å². The minimum Gasteiger partial charge on any atom is -0.491 e. The summed E-state index contributed by atoms with van der Waals surface area (Å²) in [4.78, 5) is 23.1. The van der Waals surface area contributed by atoms with Gasteiger partial charge in [0.1, 0.15) is 18.2 Å². The zero-order valence-electron chi connectivity index (χ0n) is 15.7. The van der Waals surface area contributed by atoms with Crippen LogP contribution in [0.5, 0.6) is 5.75 Å². The number of amides is 1. The number of aromatic amines is 1. The van der Waals surface area contributed by atoms with Gasteiger partial charge in [-0.15, -0.1) is 11.3 Å². The minimum atomic E-state index is -0.0165. The Hall–Kier alpha value is -2.83. The van der Waals surface area contributed by atoms with Gasteiger partial charge in [-0.25, -0.2) is 4.98 Å². The van der Waals surface area contributed by atoms with Crippen molar-refractivity contribution >= 4 is 39.9 Å². The van der Waals surface area contributed by atoms with Crippen molar-refractivity contribution in [3.8, 4) is 16.9 Å². The number of aromatic nitrogens is 2. The molecular formula is C22H18ClN3O2S. The van der Waals surface area contributed by atoms with E-state index < -0.39 is 0 Å². The predicted molar refractivity (Wildman–Crippen MR) is 116 cm³/mol. The zero-order valence-corrected chi connectivity index (χ0v) is 17.3. The standard InChI is InChI=1S/C22H18ClN3O2S/c1-13-24-17-4-2-15(11-18(17)25-13)14-3-5-19-16(10-14)12-26(8-9-28-19)22(27)20-6-7-21(23)29-20/h2-7,10-11H,8-9,12H2,1H3,(H,24,25). The summed E-state index contributed by atoms with van der Waals surface area (Å²) < 4.78 is 6.52. The third kappa shape index (κ3) is 3.50. The number of fused-ring (bicyclic) bond motifs is 2. The van der Waals surface area contributed by atoms with E-state index in [0.29, 0.717) is 28.9 Å². The van der Waals surface area contributed by atoms with Crippen molar-refractivity contribution in [2.24, 2.45) is 0 Å². The summed E-state index contributed by atoms with van der Waals surface area (Å²) in [5.74, 6) is 1.71. The van der Waals surface area contributed by atoms with Crippen molar-refractivity contribution < 1.29 is 9.53 Å². The molecule has 0 saturated carbocycles. The Kier molecular flexibility index (Phi) is 4.53. The number of nitrogens with zero attached hydrogens (tertiary/aromatic N) is 2. The van der Waals surface area contributed by atoms with Gasteiger partial charge in [0, 0.05) is 12.1 Å². The first-order chi connectivity index (χ1) is 14.1. The van der Waals surface area contributed by atoms with Crippen molar-refractivity contribution in [3.05, 3.63) is 69.1 Å². The SMILES string of the molecule is Cc1nc2cc(-c3ccc4c(c3)CN(C(=O)c3ccc(Cl)s3)CCO4)ccc2[nH]1. The summed E-state index contributed by atoms with van der Waals surface area (Å²) in [5.41, 5.74) is 5.12. The molecule has 5 nitrogen and oxygen atoms in total. The van der Waals surface area contributed by atoms with E-state index in [1.807, 2.05) is 24.0 Å². The molecule has 5 rings (SSSR count). The van der Waals surface area contributed by atoms with Gasteiger partial charge >= 0.3 is 0 Å². The topological polar surface area (TPSA) is 58.2 Å². The van der Waals surface area contributed by atoms with Crippen LogP contribution < -0.4 is 4.74 Å². The molecule has 0 radical (unpaired) electrons. The highest BCUT2D eigenvalue weighted by atomic mass is 35.5. The van der Waals surface area contributed by atoms with Gasteiger partial charge in [-0.3, -0.25) is 4.79 Å². The Bertz CT molecular complexity index is 1230. The molecule has 146 valence electrons. The largest absolute Gasteiger partial charge is 0.491 e. The number of H-pyrrole nitrogens is 1. The molecule has 1 aliphatic rings. The molecule has 4 aromatic rings. The fourth-order valence-electron chi connectivity index (χ4n) is 3.65. The number of hydrogen-bond donors (Lipinski definition) is 1. The molecule has 29 heavy (non-hydrogen) atoms. The van der Waals surface area contributed by atoms with Crippen LogP contribution in [0.1, 0.15) is 21.1 Å². The van der Waals surface area contributed by atoms with Gasteiger partial charge in [-0.2, -0.15) is 0 Å². The van der Waals surface area contributed by atoms with Gasteiger partial charge in [0.15, 0.2) is 0 Å². The molecule has 0 spiro atoms. The molecule has 1 aliphatic heterocycles. The van der Waals surface area contributed by atoms with Gasteiger partial charge in [-0.05, 0) is 54.4 Å². The van der Waals surface area contributed by atoms with Gasteiger partial charge < -0.3 is 14.6 Å². The second-order valence-electron chi connectivity index (χ2n) is 7.06. The van der Waals surface area contributed by atoms with E-state index in [1.54, 1.807) is 12.1 Å². The molecule has 0 atom stereocenters. The third-order valence-corrected chi connectivity index (χ3v) is 6.27. The van der Waals surface area contributed by atoms with Gasteiger partial charge in [0.25, 0.3) is 5.91 Å². The molecule has 0 unspecified atom stereocenters. The summed E-state index contributed by atoms with van der Waals surface area (Å²) in [6.45, 7) is 3.46. The van der Waals surface area contributed by atoms with E-state index in [9.17, 15) is 4.79 Å². The Morgan fingerprint density at radius 1 is 1.17 bits per heavy atom. The van der Waals surface area contributed by atoms with Gasteiger partial charge in [-0.1, -0.05) is 23.7 Å². The van der Waals surface area contributed by atoms with E-state index in [0.717, 1.165) is 39.3 Å². The number of thiophene rings is 1. The van der Waals surface area contributed by atoms with Crippen LogP contribution in [0.2, 0.25) is 4.34 Å². The maximum absolute atomic E-state index is 12.9. The molecule has 1 amide bonds. The second-order valence-corrected chi connectivity index (χ2v) is 8.77. The van der Waals surface area contributed by atoms with E-state index in [2.05, 4.69) is 34.2 Å². The molecule has 0 aliphatic carbocycles. The summed E-state index contributed by atoms with van der Waals surface area (Å²) >= 11 is 7.31. The predicted octanol–water partition coefficient (Wildman–Crippen LogP) is 5.29. The molecular weight excluding hydrogens is 406 g/mol. The number of imidazole rings is 1. The highest BCUT2D eigenvalue weighted by molar-refractivity contribution is 7.17. The molecule has 0 saturated heterocycles. The third-order valence-electron chi connectivity index (χ3n) is 5.05. The van der Waals surface area contributed by atoms with Crippen LogP contribution in [-0.2, 0) is 6.54 Å². The first-order valence-corrected chi connectivity index (χ1v) is 10.5. The summed E-state index contributed by atoms with van der Waals surface area (Å²) in [6.07, 6.45) is 0. The van der Waals surface area contributed by atoms with E-state index in [1.165, 1.54) is 11.3 Å². The second kappa shape index (κ2) is 7.21. The molecule has 3 heterocycles. The van der Waals surface area contributed by atoms with Crippen LogP contribution in [0.15, 0.2) is 48.5 Å². The van der Waals surface area contributed by atoms with E-state index in [-0.39, 0.29) is 5.91 Å². The highest BCUT2D eigenvalue weighted by Crippen LogP contribution is 2.31. The van der Waals surface area contributed by atoms with Gasteiger partial charge in [0.05, 0.1) is 26.8 Å². The van der Waals surface area contributed by atoms with Crippen LogP contribution in [-0.4, -0.2) is 33.9 Å². The Morgan fingerprint density at radius 2 is 2.00 bits per heavy atom. The summed E-state index contributed by atoms with van der Waals surface area (Å²) in [6, 6.07) is 15.9. The zero-order chi connectivity index (χ0) is 20.0. The number of benzene rings is 2. The molecule has 2 aromatic heterocycles. The highest BCUT2D eigenvalue weighted by Gasteiger charge is 2.22. The average molecular weight is 424 g/mol. The number of nitrogens with one attached hydrogen (secondary N) is 1. The first-order valence-electron chi connectivity index (χ1n) is 9.34. The quantitative estimate of drug-likeness (QED) is 0.476. The Balaban J connectivity index is 1.47. The number of carbonyl (C=O) groups excluding carboxylic acids is 1. The number of halogens is 1. The maximum atomic E-state index is 12.9. The monoisotopic (exact) mass is 423 g/mol. The van der Waals surface area contributed by atoms with Crippen molar-refractivity contribution in [1.82, 2.24) is 14.9 Å². The Labute approximate surface area is 176 Å². The number of aryl methyl sites for hydroxylation is 1. The number of ether oxygens (including phenoxy) is 1. The van der Waals surface area contributed by atoms with Crippen LogP contribution in [0.25, 0.3) is 22.2 Å². The number of carbonyl (C=O) groups is 1. The lowest BCUT2D eigenvalue weighted by Gasteiger charge is -2.19. The van der Waals surface area contributed by atoms with Crippen LogP contribution >= 0.6 is 22.9 Å². The van der Waals surface area contributed by atoms with Crippen LogP contribution in [0.3, 0.4) is 0 Å². The van der Waals surface area contributed by atoms with Crippen molar-refractivity contribution in [2.75, 3.05) is 13.2 Å². The first kappa shape index (κ1) is 18.2. The molecule has 2 aromatic carbocycles. The summed E-state index contributed by atoms with van der Waals surface area (Å²) in [7, 11) is 0. The minimum absolute atomic E-state index is 0.0165. The van der Waals surface area contributed by atoms with E-state index >= 15 is 0 Å². The number of hydrogen-bond acceptors (Lipinski definition) is 4. The summed E-state index contributed by atoms with van der Waals surface area (Å²) in [5, 5.41) is 0. The van der Waals surface area contributed by atoms with Crippen molar-refractivity contribution in [1.29, 1.82) is 0 Å². The molecule has 0 bridgehead atoms.